The monoisotopic (exact) mass is 343 g/mol. The number of benzene rings is 2. The van der Waals surface area contributed by atoms with Gasteiger partial charge in [0.2, 0.25) is 0 Å². The van der Waals surface area contributed by atoms with Crippen molar-refractivity contribution in [1.82, 2.24) is 5.43 Å². The van der Waals surface area contributed by atoms with Gasteiger partial charge in [0.1, 0.15) is 5.75 Å². The van der Waals surface area contributed by atoms with E-state index in [1.165, 1.54) is 19.4 Å². The van der Waals surface area contributed by atoms with Crippen LogP contribution in [0.3, 0.4) is 0 Å². The number of ether oxygens (including phenoxy) is 2. The molecule has 132 valence electrons. The van der Waals surface area contributed by atoms with E-state index in [4.69, 9.17) is 9.47 Å². The second-order valence-electron chi connectivity index (χ2n) is 5.04. The Hall–Kier alpha value is -3.22. The molecule has 0 aromatic heterocycles. The fraction of sp³-hybridized carbons (Fsp3) is 0.222. The number of phenolic OH excluding ortho intramolecular Hbond substituents is 1. The zero-order valence-corrected chi connectivity index (χ0v) is 14.2. The van der Waals surface area contributed by atoms with Gasteiger partial charge in [-0.1, -0.05) is 0 Å². The highest BCUT2D eigenvalue weighted by Crippen LogP contribution is 2.25. The van der Waals surface area contributed by atoms with Gasteiger partial charge >= 0.3 is 0 Å². The third kappa shape index (κ3) is 5.72. The van der Waals surface area contributed by atoms with Crippen LogP contribution < -0.4 is 20.2 Å². The lowest BCUT2D eigenvalue weighted by molar-refractivity contribution is -0.119. The molecule has 0 aliphatic heterocycles. The van der Waals surface area contributed by atoms with Crippen LogP contribution in [0.4, 0.5) is 5.69 Å². The van der Waals surface area contributed by atoms with Gasteiger partial charge in [-0.2, -0.15) is 5.10 Å². The molecule has 0 fully saturated rings. The first-order valence-corrected chi connectivity index (χ1v) is 7.78. The molecule has 0 radical (unpaired) electrons. The molecule has 2 aromatic rings. The Balaban J connectivity index is 1.79. The molecule has 0 saturated carbocycles. The van der Waals surface area contributed by atoms with E-state index in [9.17, 15) is 9.90 Å². The van der Waals surface area contributed by atoms with Crippen molar-refractivity contribution in [3.8, 4) is 17.2 Å². The summed E-state index contributed by atoms with van der Waals surface area (Å²) in [7, 11) is 1.47. The molecule has 0 saturated heterocycles. The summed E-state index contributed by atoms with van der Waals surface area (Å²) in [6.07, 6.45) is 1.44. The van der Waals surface area contributed by atoms with Crippen LogP contribution in [0.5, 0.6) is 17.2 Å². The van der Waals surface area contributed by atoms with Crippen LogP contribution in [0.15, 0.2) is 47.6 Å². The molecule has 0 atom stereocenters. The van der Waals surface area contributed by atoms with Crippen molar-refractivity contribution in [3.63, 3.8) is 0 Å². The van der Waals surface area contributed by atoms with Crippen molar-refractivity contribution in [2.75, 3.05) is 25.6 Å². The summed E-state index contributed by atoms with van der Waals surface area (Å²) in [5, 5.41) is 16.5. The number of amides is 1. The molecule has 0 unspecified atom stereocenters. The number of nitrogens with one attached hydrogen (secondary N) is 2. The van der Waals surface area contributed by atoms with Crippen molar-refractivity contribution >= 4 is 17.8 Å². The van der Waals surface area contributed by atoms with Crippen molar-refractivity contribution in [1.29, 1.82) is 0 Å². The molecule has 2 aromatic carbocycles. The third-order valence-corrected chi connectivity index (χ3v) is 3.22. The van der Waals surface area contributed by atoms with Gasteiger partial charge in [-0.25, -0.2) is 5.43 Å². The fourth-order valence-corrected chi connectivity index (χ4v) is 2.02. The minimum Gasteiger partial charge on any atom is -0.504 e. The number of hydrazone groups is 1. The maximum absolute atomic E-state index is 11.8. The predicted octanol–water partition coefficient (Wildman–Crippen LogP) is 2.36. The van der Waals surface area contributed by atoms with Crippen LogP contribution in [-0.2, 0) is 4.79 Å². The highest BCUT2D eigenvalue weighted by Gasteiger charge is 2.02. The summed E-state index contributed by atoms with van der Waals surface area (Å²) in [4.78, 5) is 11.8. The van der Waals surface area contributed by atoms with E-state index in [1.54, 1.807) is 12.1 Å². The lowest BCUT2D eigenvalue weighted by Crippen LogP contribution is -2.25. The van der Waals surface area contributed by atoms with Gasteiger partial charge in [-0.05, 0) is 55.0 Å². The smallest absolute Gasteiger partial charge is 0.259 e. The highest BCUT2D eigenvalue weighted by molar-refractivity contribution is 5.84. The molecule has 25 heavy (non-hydrogen) atoms. The Labute approximate surface area is 146 Å². The number of aromatic hydroxyl groups is 1. The Kier molecular flexibility index (Phi) is 6.65. The van der Waals surface area contributed by atoms with Gasteiger partial charge in [0.25, 0.3) is 5.91 Å². The number of hydrogen-bond acceptors (Lipinski definition) is 6. The van der Waals surface area contributed by atoms with Crippen molar-refractivity contribution < 1.29 is 19.4 Å². The summed E-state index contributed by atoms with van der Waals surface area (Å²) in [5.74, 6) is 0.878. The minimum atomic E-state index is -0.289. The molecule has 7 heteroatoms. The van der Waals surface area contributed by atoms with E-state index in [2.05, 4.69) is 15.8 Å². The molecule has 2 rings (SSSR count). The first-order chi connectivity index (χ1) is 12.1. The normalized spacial score (nSPS) is 10.5. The first-order valence-electron chi connectivity index (χ1n) is 7.78. The maximum atomic E-state index is 11.8. The Morgan fingerprint density at radius 3 is 2.64 bits per heavy atom. The number of methoxy groups -OCH3 is 1. The molecule has 1 amide bonds. The van der Waals surface area contributed by atoms with E-state index in [1.807, 2.05) is 31.2 Å². The largest absolute Gasteiger partial charge is 0.504 e. The number of phenols is 1. The molecular formula is C18H21N3O4. The van der Waals surface area contributed by atoms with E-state index >= 15 is 0 Å². The fourth-order valence-electron chi connectivity index (χ4n) is 2.02. The Morgan fingerprint density at radius 1 is 1.24 bits per heavy atom. The molecular weight excluding hydrogens is 322 g/mol. The predicted molar refractivity (Wildman–Crippen MR) is 96.5 cm³/mol. The average molecular weight is 343 g/mol. The SMILES string of the molecule is CCOc1ccc(NCC(=O)N/N=C\c2ccc(OC)c(O)c2)cc1. The van der Waals surface area contributed by atoms with Gasteiger partial charge in [0.15, 0.2) is 11.5 Å². The quantitative estimate of drug-likeness (QED) is 0.505. The summed E-state index contributed by atoms with van der Waals surface area (Å²) in [6.45, 7) is 2.61. The molecule has 0 bridgehead atoms. The Bertz CT molecular complexity index is 730. The lowest BCUT2D eigenvalue weighted by Gasteiger charge is -2.07. The lowest BCUT2D eigenvalue weighted by atomic mass is 10.2. The van der Waals surface area contributed by atoms with E-state index in [-0.39, 0.29) is 18.2 Å². The van der Waals surface area contributed by atoms with Crippen LogP contribution in [0, 0.1) is 0 Å². The first kappa shape index (κ1) is 18.1. The number of rotatable bonds is 8. The van der Waals surface area contributed by atoms with Crippen molar-refractivity contribution in [2.45, 2.75) is 6.92 Å². The van der Waals surface area contributed by atoms with Gasteiger partial charge in [0.05, 0.1) is 26.5 Å². The highest BCUT2D eigenvalue weighted by atomic mass is 16.5. The second kappa shape index (κ2) is 9.17. The zero-order valence-electron chi connectivity index (χ0n) is 14.2. The van der Waals surface area contributed by atoms with Crippen LogP contribution >= 0.6 is 0 Å². The summed E-state index contributed by atoms with van der Waals surface area (Å²) >= 11 is 0. The van der Waals surface area contributed by atoms with E-state index in [0.29, 0.717) is 17.9 Å². The van der Waals surface area contributed by atoms with E-state index < -0.39 is 0 Å². The number of carbonyl (C=O) groups is 1. The molecule has 3 N–H and O–H groups in total. The molecule has 0 aliphatic carbocycles. The Morgan fingerprint density at radius 2 is 2.00 bits per heavy atom. The van der Waals surface area contributed by atoms with E-state index in [0.717, 1.165) is 11.4 Å². The van der Waals surface area contributed by atoms with Crippen LogP contribution in [0.25, 0.3) is 0 Å². The van der Waals surface area contributed by atoms with Gasteiger partial charge in [0, 0.05) is 5.69 Å². The number of carbonyl (C=O) groups excluding carboxylic acids is 1. The van der Waals surface area contributed by atoms with Crippen LogP contribution in [-0.4, -0.2) is 37.5 Å². The average Bonchev–Trinajstić information content (AvgIpc) is 2.61. The third-order valence-electron chi connectivity index (χ3n) is 3.22. The van der Waals surface area contributed by atoms with Crippen LogP contribution in [0.1, 0.15) is 12.5 Å². The number of nitrogens with zero attached hydrogens (tertiary/aromatic N) is 1. The van der Waals surface area contributed by atoms with Crippen molar-refractivity contribution in [2.24, 2.45) is 5.10 Å². The van der Waals surface area contributed by atoms with Gasteiger partial charge < -0.3 is 19.9 Å². The maximum Gasteiger partial charge on any atom is 0.259 e. The number of anilines is 1. The number of hydrogen-bond donors (Lipinski definition) is 3. The summed E-state index contributed by atoms with van der Waals surface area (Å²) < 4.78 is 10.3. The van der Waals surface area contributed by atoms with Crippen molar-refractivity contribution in [3.05, 3.63) is 48.0 Å². The summed E-state index contributed by atoms with van der Waals surface area (Å²) in [6, 6.07) is 12.2. The molecule has 0 aliphatic rings. The minimum absolute atomic E-state index is 0.00921. The standard InChI is InChI=1S/C18H21N3O4/c1-3-25-15-7-5-14(6-8-15)19-12-18(23)21-20-11-13-4-9-17(24-2)16(22)10-13/h4-11,19,22H,3,12H2,1-2H3,(H,21,23)/b20-11-. The summed E-state index contributed by atoms with van der Waals surface area (Å²) in [5.41, 5.74) is 3.86. The topological polar surface area (TPSA) is 92.2 Å². The van der Waals surface area contributed by atoms with Gasteiger partial charge in [-0.15, -0.1) is 0 Å². The van der Waals surface area contributed by atoms with Crippen LogP contribution in [0.2, 0.25) is 0 Å². The zero-order chi connectivity index (χ0) is 18.1. The van der Waals surface area contributed by atoms with Gasteiger partial charge in [-0.3, -0.25) is 4.79 Å². The second-order valence-corrected chi connectivity index (χ2v) is 5.04. The molecule has 7 nitrogen and oxygen atoms in total. The molecule has 0 spiro atoms. The molecule has 0 heterocycles.